The van der Waals surface area contributed by atoms with Crippen molar-refractivity contribution in [2.45, 2.75) is 6.92 Å². The van der Waals surface area contributed by atoms with Crippen LogP contribution in [0, 0.1) is 0 Å². The molecule has 7 heteroatoms. The molecule has 0 heterocycles. The molecule has 0 aromatic heterocycles. The molecule has 0 saturated heterocycles. The number of rotatable bonds is 5. The van der Waals surface area contributed by atoms with E-state index in [1.165, 1.54) is 12.1 Å². The summed E-state index contributed by atoms with van der Waals surface area (Å²) in [6, 6.07) is 16.0. The van der Waals surface area contributed by atoms with Crippen molar-refractivity contribution in [2.24, 2.45) is 5.84 Å². The summed E-state index contributed by atoms with van der Waals surface area (Å²) in [6.07, 6.45) is 0. The van der Waals surface area contributed by atoms with Crippen molar-refractivity contribution in [3.05, 3.63) is 70.2 Å². The first-order valence-corrected chi connectivity index (χ1v) is 9.01. The molecule has 0 fully saturated rings. The predicted octanol–water partition coefficient (Wildman–Crippen LogP) is 3.82. The molecule has 0 aliphatic heterocycles. The van der Waals surface area contributed by atoms with Crippen LogP contribution in [0.25, 0.3) is 10.8 Å². The molecule has 0 atom stereocenters. The first kappa shape index (κ1) is 18.9. The second kappa shape index (κ2) is 8.20. The summed E-state index contributed by atoms with van der Waals surface area (Å²) in [5.74, 6) is 4.64. The predicted molar refractivity (Wildman–Crippen MR) is 106 cm³/mol. The number of hydrazine groups is 1. The molecule has 138 valence electrons. The average molecular weight is 429 g/mol. The lowest BCUT2D eigenvalue weighted by Gasteiger charge is -2.14. The third-order valence-electron chi connectivity index (χ3n) is 3.91. The lowest BCUT2D eigenvalue weighted by Crippen LogP contribution is -2.30. The number of halogens is 1. The zero-order valence-corrected chi connectivity index (χ0v) is 16.1. The van der Waals surface area contributed by atoms with Crippen LogP contribution in [0.5, 0.6) is 11.5 Å². The van der Waals surface area contributed by atoms with Gasteiger partial charge in [-0.25, -0.2) is 10.6 Å². The van der Waals surface area contributed by atoms with Crippen LogP contribution in [0.3, 0.4) is 0 Å². The number of nitrogens with two attached hydrogens (primary N) is 1. The van der Waals surface area contributed by atoms with E-state index in [1.807, 2.05) is 30.3 Å². The second-order valence-electron chi connectivity index (χ2n) is 5.61. The molecule has 0 bridgehead atoms. The monoisotopic (exact) mass is 428 g/mol. The van der Waals surface area contributed by atoms with Crippen molar-refractivity contribution < 1.29 is 19.1 Å². The number of nitrogen functional groups attached to an aromatic ring is 1. The van der Waals surface area contributed by atoms with Crippen LogP contribution in [-0.4, -0.2) is 18.5 Å². The number of ether oxygens (including phenoxy) is 2. The Labute approximate surface area is 164 Å². The van der Waals surface area contributed by atoms with Gasteiger partial charge in [0, 0.05) is 5.56 Å². The molecule has 0 saturated carbocycles. The van der Waals surface area contributed by atoms with Gasteiger partial charge in [0.05, 0.1) is 16.6 Å². The highest BCUT2D eigenvalue weighted by Gasteiger charge is 2.20. The third-order valence-corrected chi connectivity index (χ3v) is 4.50. The van der Waals surface area contributed by atoms with Crippen LogP contribution in [0.1, 0.15) is 27.6 Å². The fourth-order valence-electron chi connectivity index (χ4n) is 2.70. The Balaban J connectivity index is 2.01. The smallest absolute Gasteiger partial charge is 0.344 e. The number of hydrogen-bond acceptors (Lipinski definition) is 5. The number of carbonyl (C=O) groups is 2. The summed E-state index contributed by atoms with van der Waals surface area (Å²) in [7, 11) is 0. The largest absolute Gasteiger partial charge is 0.490 e. The molecule has 0 unspecified atom stereocenters. The number of benzene rings is 3. The number of fused-ring (bicyclic) bond motifs is 1. The Bertz CT molecular complexity index is 1010. The van der Waals surface area contributed by atoms with Crippen LogP contribution < -0.4 is 20.7 Å². The normalized spacial score (nSPS) is 10.5. The number of carbonyl (C=O) groups excluding carboxylic acids is 2. The van der Waals surface area contributed by atoms with Gasteiger partial charge in [0.15, 0.2) is 11.5 Å². The van der Waals surface area contributed by atoms with E-state index in [0.29, 0.717) is 16.6 Å². The molecular formula is C20H17BrN2O4. The average Bonchev–Trinajstić information content (AvgIpc) is 2.69. The molecule has 3 aromatic carbocycles. The van der Waals surface area contributed by atoms with Crippen molar-refractivity contribution in [3.63, 3.8) is 0 Å². The number of nitrogens with one attached hydrogen (secondary N) is 1. The maximum atomic E-state index is 12.8. The van der Waals surface area contributed by atoms with Gasteiger partial charge in [-0.2, -0.15) is 0 Å². The van der Waals surface area contributed by atoms with Crippen molar-refractivity contribution >= 4 is 38.6 Å². The topological polar surface area (TPSA) is 90.7 Å². The van der Waals surface area contributed by atoms with E-state index in [4.69, 9.17) is 15.3 Å². The molecule has 0 spiro atoms. The first-order chi connectivity index (χ1) is 13.0. The fraction of sp³-hybridized carbons (Fsp3) is 0.100. The highest BCUT2D eigenvalue weighted by Crippen LogP contribution is 2.37. The van der Waals surface area contributed by atoms with Crippen molar-refractivity contribution in [2.75, 3.05) is 6.61 Å². The van der Waals surface area contributed by atoms with Crippen LogP contribution in [0.4, 0.5) is 0 Å². The molecule has 0 radical (unpaired) electrons. The minimum atomic E-state index is -0.524. The molecular weight excluding hydrogens is 412 g/mol. The van der Waals surface area contributed by atoms with E-state index in [1.54, 1.807) is 19.1 Å². The zero-order valence-electron chi connectivity index (χ0n) is 14.5. The minimum absolute atomic E-state index is 0.198. The maximum Gasteiger partial charge on any atom is 0.344 e. The van der Waals surface area contributed by atoms with E-state index >= 15 is 0 Å². The standard InChI is InChI=1S/C20H17BrN2O4/c1-2-26-17-11-13(19(24)23-22)10-16(21)18(17)27-20(25)15-9-5-7-12-6-3-4-8-14(12)15/h3-11H,2,22H2,1H3,(H,23,24). The summed E-state index contributed by atoms with van der Waals surface area (Å²) < 4.78 is 11.6. The van der Waals surface area contributed by atoms with Gasteiger partial charge in [0.1, 0.15) is 0 Å². The molecule has 6 nitrogen and oxygen atoms in total. The van der Waals surface area contributed by atoms with E-state index in [-0.39, 0.29) is 17.1 Å². The number of amides is 1. The Morgan fingerprint density at radius 3 is 2.59 bits per heavy atom. The molecule has 0 aliphatic carbocycles. The van der Waals surface area contributed by atoms with E-state index in [9.17, 15) is 9.59 Å². The van der Waals surface area contributed by atoms with Gasteiger partial charge in [-0.1, -0.05) is 36.4 Å². The summed E-state index contributed by atoms with van der Waals surface area (Å²) in [6.45, 7) is 2.12. The van der Waals surface area contributed by atoms with Crippen molar-refractivity contribution in [3.8, 4) is 11.5 Å². The first-order valence-electron chi connectivity index (χ1n) is 8.22. The molecule has 0 aliphatic rings. The third kappa shape index (κ3) is 3.94. The van der Waals surface area contributed by atoms with Crippen molar-refractivity contribution in [1.29, 1.82) is 0 Å². The van der Waals surface area contributed by atoms with E-state index in [0.717, 1.165) is 10.8 Å². The molecule has 1 amide bonds. The van der Waals surface area contributed by atoms with Gasteiger partial charge in [-0.15, -0.1) is 0 Å². The van der Waals surface area contributed by atoms with Crippen molar-refractivity contribution in [1.82, 2.24) is 5.43 Å². The van der Waals surface area contributed by atoms with Gasteiger partial charge in [0.2, 0.25) is 0 Å². The minimum Gasteiger partial charge on any atom is -0.490 e. The Morgan fingerprint density at radius 1 is 1.11 bits per heavy atom. The molecule has 3 rings (SSSR count). The summed E-state index contributed by atoms with van der Waals surface area (Å²) >= 11 is 3.34. The maximum absolute atomic E-state index is 12.8. The highest BCUT2D eigenvalue weighted by atomic mass is 79.9. The lowest BCUT2D eigenvalue weighted by molar-refractivity contribution is 0.0729. The van der Waals surface area contributed by atoms with Gasteiger partial charge < -0.3 is 9.47 Å². The van der Waals surface area contributed by atoms with Crippen LogP contribution in [0.2, 0.25) is 0 Å². The summed E-state index contributed by atoms with van der Waals surface area (Å²) in [4.78, 5) is 24.6. The van der Waals surface area contributed by atoms with Gasteiger partial charge in [-0.05, 0) is 51.8 Å². The van der Waals surface area contributed by atoms with Crippen LogP contribution in [-0.2, 0) is 0 Å². The number of esters is 1. The molecule has 3 aromatic rings. The summed E-state index contributed by atoms with van der Waals surface area (Å²) in [5.41, 5.74) is 2.77. The van der Waals surface area contributed by atoms with Crippen LogP contribution in [0.15, 0.2) is 59.1 Å². The zero-order chi connectivity index (χ0) is 19.4. The van der Waals surface area contributed by atoms with Gasteiger partial charge >= 0.3 is 5.97 Å². The molecule has 3 N–H and O–H groups in total. The quantitative estimate of drug-likeness (QED) is 0.212. The number of hydrogen-bond donors (Lipinski definition) is 2. The SMILES string of the molecule is CCOc1cc(C(=O)NN)cc(Br)c1OC(=O)c1cccc2ccccc12. The lowest BCUT2D eigenvalue weighted by atomic mass is 10.0. The Morgan fingerprint density at radius 2 is 1.85 bits per heavy atom. The van der Waals surface area contributed by atoms with E-state index in [2.05, 4.69) is 21.4 Å². The van der Waals surface area contributed by atoms with Gasteiger partial charge in [0.25, 0.3) is 5.91 Å². The molecule has 27 heavy (non-hydrogen) atoms. The second-order valence-corrected chi connectivity index (χ2v) is 6.46. The Hall–Kier alpha value is -2.90. The Kier molecular flexibility index (Phi) is 5.73. The van der Waals surface area contributed by atoms with Gasteiger partial charge in [-0.3, -0.25) is 10.2 Å². The fourth-order valence-corrected chi connectivity index (χ4v) is 3.22. The van der Waals surface area contributed by atoms with E-state index < -0.39 is 11.9 Å². The highest BCUT2D eigenvalue weighted by molar-refractivity contribution is 9.10. The summed E-state index contributed by atoms with van der Waals surface area (Å²) in [5, 5.41) is 1.73. The van der Waals surface area contributed by atoms with Crippen LogP contribution >= 0.6 is 15.9 Å².